The third-order valence-corrected chi connectivity index (χ3v) is 6.58. The van der Waals surface area contributed by atoms with Gasteiger partial charge in [-0.1, -0.05) is 60.7 Å². The van der Waals surface area contributed by atoms with Crippen LogP contribution < -0.4 is 10.6 Å². The van der Waals surface area contributed by atoms with Gasteiger partial charge < -0.3 is 15.2 Å². The number of carboxylic acids is 1. The van der Waals surface area contributed by atoms with Crippen molar-refractivity contribution >= 4 is 23.7 Å². The zero-order valence-corrected chi connectivity index (χ0v) is 19.1. The number of carbonyl (C=O) groups excluding carboxylic acids is 2. The van der Waals surface area contributed by atoms with E-state index in [-0.39, 0.29) is 30.8 Å². The first kappa shape index (κ1) is 22.7. The Morgan fingerprint density at radius 1 is 0.886 bits per heavy atom. The van der Waals surface area contributed by atoms with Gasteiger partial charge in [-0.2, -0.15) is 0 Å². The normalized spacial score (nSPS) is 15.0. The van der Waals surface area contributed by atoms with Crippen molar-refractivity contribution in [3.8, 4) is 11.1 Å². The summed E-state index contributed by atoms with van der Waals surface area (Å²) in [5.41, 5.74) is 5.91. The highest BCUT2D eigenvalue weighted by atomic mass is 16.5. The van der Waals surface area contributed by atoms with Gasteiger partial charge in [0.1, 0.15) is 12.6 Å². The summed E-state index contributed by atoms with van der Waals surface area (Å²) in [4.78, 5) is 36.0. The highest BCUT2D eigenvalue weighted by Gasteiger charge is 2.37. The van der Waals surface area contributed by atoms with Crippen LogP contribution in [0.1, 0.15) is 35.4 Å². The van der Waals surface area contributed by atoms with E-state index in [1.165, 1.54) is 11.1 Å². The van der Waals surface area contributed by atoms with Crippen LogP contribution in [0.25, 0.3) is 11.1 Å². The van der Waals surface area contributed by atoms with Gasteiger partial charge in [0.2, 0.25) is 5.91 Å². The maximum atomic E-state index is 12.5. The van der Waals surface area contributed by atoms with Crippen LogP contribution in [0, 0.1) is 5.92 Å². The second kappa shape index (κ2) is 9.62. The molecule has 7 heteroatoms. The van der Waals surface area contributed by atoms with Gasteiger partial charge in [-0.3, -0.25) is 10.1 Å². The van der Waals surface area contributed by atoms with Crippen molar-refractivity contribution in [2.45, 2.75) is 31.2 Å². The van der Waals surface area contributed by atoms with Gasteiger partial charge in [0.25, 0.3) is 0 Å². The van der Waals surface area contributed by atoms with E-state index in [9.17, 15) is 19.5 Å². The summed E-state index contributed by atoms with van der Waals surface area (Å²) < 4.78 is 5.56. The molecule has 3 aromatic carbocycles. The third-order valence-electron chi connectivity index (χ3n) is 6.58. The molecule has 0 heterocycles. The molecular formula is C28H26N2O5. The molecule has 3 N–H and O–H groups in total. The molecule has 3 aromatic rings. The van der Waals surface area contributed by atoms with Gasteiger partial charge in [-0.25, -0.2) is 9.59 Å². The van der Waals surface area contributed by atoms with E-state index >= 15 is 0 Å². The molecule has 5 rings (SSSR count). The van der Waals surface area contributed by atoms with Crippen molar-refractivity contribution < 1.29 is 24.2 Å². The second-order valence-electron chi connectivity index (χ2n) is 9.05. The molecule has 178 valence electrons. The van der Waals surface area contributed by atoms with Crippen LogP contribution in [0.2, 0.25) is 0 Å². The van der Waals surface area contributed by atoms with E-state index in [1.807, 2.05) is 24.3 Å². The largest absolute Gasteiger partial charge is 0.480 e. The molecule has 1 fully saturated rings. The lowest BCUT2D eigenvalue weighted by Crippen LogP contribution is -2.43. The molecule has 0 bridgehead atoms. The van der Waals surface area contributed by atoms with Crippen LogP contribution in [0.15, 0.2) is 72.8 Å². The molecule has 0 saturated heterocycles. The molecule has 7 nitrogen and oxygen atoms in total. The molecule has 1 unspecified atom stereocenters. The van der Waals surface area contributed by atoms with E-state index in [4.69, 9.17) is 4.74 Å². The fraction of sp³-hybridized carbons (Fsp3) is 0.250. The molecule has 2 aliphatic carbocycles. The zero-order valence-electron chi connectivity index (χ0n) is 19.1. The Morgan fingerprint density at radius 3 is 2.06 bits per heavy atom. The lowest BCUT2D eigenvalue weighted by Gasteiger charge is -2.15. The molecule has 1 saturated carbocycles. The number of hydrogen-bond acceptors (Lipinski definition) is 4. The first-order valence-corrected chi connectivity index (χ1v) is 11.7. The molecule has 2 amide bonds. The Balaban J connectivity index is 1.15. The Hall–Kier alpha value is -4.13. The fourth-order valence-electron chi connectivity index (χ4n) is 4.68. The van der Waals surface area contributed by atoms with Gasteiger partial charge in [0.15, 0.2) is 0 Å². The second-order valence-corrected chi connectivity index (χ2v) is 9.05. The number of amides is 2. The van der Waals surface area contributed by atoms with Gasteiger partial charge in [-0.15, -0.1) is 0 Å². The first-order valence-electron chi connectivity index (χ1n) is 11.7. The maximum absolute atomic E-state index is 12.5. The minimum Gasteiger partial charge on any atom is -0.480 e. The summed E-state index contributed by atoms with van der Waals surface area (Å²) >= 11 is 0. The topological polar surface area (TPSA) is 105 Å². The van der Waals surface area contributed by atoms with E-state index in [1.54, 1.807) is 24.3 Å². The number of rotatable bonds is 8. The predicted molar refractivity (Wildman–Crippen MR) is 131 cm³/mol. The molecule has 0 spiro atoms. The number of carbonyl (C=O) groups is 3. The number of hydrogen-bond donors (Lipinski definition) is 3. The number of aliphatic carboxylic acids is 1. The van der Waals surface area contributed by atoms with E-state index in [0.29, 0.717) is 5.69 Å². The minimum absolute atomic E-state index is 0.0145. The maximum Gasteiger partial charge on any atom is 0.411 e. The molecule has 0 aromatic heterocycles. The summed E-state index contributed by atoms with van der Waals surface area (Å²) in [6.45, 7) is 0.226. The molecule has 0 radical (unpaired) electrons. The number of fused-ring (bicyclic) bond motifs is 3. The van der Waals surface area contributed by atoms with Gasteiger partial charge in [0.05, 0.1) is 6.42 Å². The van der Waals surface area contributed by atoms with Crippen molar-refractivity contribution in [3.05, 3.63) is 89.5 Å². The molecule has 0 aliphatic heterocycles. The van der Waals surface area contributed by atoms with Crippen molar-refractivity contribution in [3.63, 3.8) is 0 Å². The summed E-state index contributed by atoms with van der Waals surface area (Å²) in [5, 5.41) is 14.6. The molecule has 35 heavy (non-hydrogen) atoms. The molecule has 1 atom stereocenters. The van der Waals surface area contributed by atoms with Crippen molar-refractivity contribution in [1.29, 1.82) is 0 Å². The smallest absolute Gasteiger partial charge is 0.411 e. The molecule has 2 aliphatic rings. The number of nitrogens with one attached hydrogen (secondary N) is 2. The minimum atomic E-state index is -0.997. The quantitative estimate of drug-likeness (QED) is 0.447. The van der Waals surface area contributed by atoms with Crippen LogP contribution in [-0.4, -0.2) is 35.7 Å². The van der Waals surface area contributed by atoms with Crippen LogP contribution in [0.5, 0.6) is 0 Å². The summed E-state index contributed by atoms with van der Waals surface area (Å²) in [6.07, 6.45) is 1.17. The standard InChI is InChI=1S/C28H26N2O5/c31-25(30-26(27(32)33)18-11-12-18)15-17-9-13-19(14-10-17)29-28(34)35-16-24-22-7-3-1-5-20(22)21-6-2-4-8-23(21)24/h1-10,13-14,18,24,26H,11-12,15-16H2,(H,29,34)(H,30,31)(H,32,33). The van der Waals surface area contributed by atoms with Crippen LogP contribution in [0.3, 0.4) is 0 Å². The van der Waals surface area contributed by atoms with Crippen LogP contribution in [0.4, 0.5) is 10.5 Å². The van der Waals surface area contributed by atoms with Crippen LogP contribution >= 0.6 is 0 Å². The summed E-state index contributed by atoms with van der Waals surface area (Å²) in [7, 11) is 0. The highest BCUT2D eigenvalue weighted by molar-refractivity contribution is 5.86. The van der Waals surface area contributed by atoms with Crippen LogP contribution in [-0.2, 0) is 20.7 Å². The molecular weight excluding hydrogens is 444 g/mol. The summed E-state index contributed by atoms with van der Waals surface area (Å²) in [5.74, 6) is -1.32. The van der Waals surface area contributed by atoms with Gasteiger partial charge >= 0.3 is 12.1 Å². The first-order chi connectivity index (χ1) is 17.0. The van der Waals surface area contributed by atoms with Gasteiger partial charge in [0, 0.05) is 11.6 Å². The van der Waals surface area contributed by atoms with Crippen molar-refractivity contribution in [2.75, 3.05) is 11.9 Å². The van der Waals surface area contributed by atoms with Crippen molar-refractivity contribution in [2.24, 2.45) is 5.92 Å². The number of benzene rings is 3. The Bertz CT molecular complexity index is 1220. The Morgan fingerprint density at radius 2 is 1.49 bits per heavy atom. The van der Waals surface area contributed by atoms with E-state index in [0.717, 1.165) is 29.5 Å². The lowest BCUT2D eigenvalue weighted by atomic mass is 9.98. The Kier molecular flexibility index (Phi) is 6.23. The monoisotopic (exact) mass is 470 g/mol. The number of ether oxygens (including phenoxy) is 1. The van der Waals surface area contributed by atoms with Gasteiger partial charge in [-0.05, 0) is 58.7 Å². The fourth-order valence-corrected chi connectivity index (χ4v) is 4.68. The van der Waals surface area contributed by atoms with E-state index in [2.05, 4.69) is 34.9 Å². The number of carboxylic acid groups (broad SMARTS) is 1. The summed E-state index contributed by atoms with van der Waals surface area (Å²) in [6, 6.07) is 22.3. The van der Waals surface area contributed by atoms with E-state index < -0.39 is 18.1 Å². The zero-order chi connectivity index (χ0) is 24.4. The predicted octanol–water partition coefficient (Wildman–Crippen LogP) is 4.57. The number of anilines is 1. The van der Waals surface area contributed by atoms with Crippen molar-refractivity contribution in [1.82, 2.24) is 5.32 Å². The average Bonchev–Trinajstić information content (AvgIpc) is 3.65. The average molecular weight is 471 g/mol. The Labute approximate surface area is 203 Å². The lowest BCUT2D eigenvalue weighted by molar-refractivity contribution is -0.142. The third kappa shape index (κ3) is 5.04. The SMILES string of the molecule is O=C(Cc1ccc(NC(=O)OCC2c3ccccc3-c3ccccc32)cc1)NC(C(=O)O)C1CC1. The highest BCUT2D eigenvalue weighted by Crippen LogP contribution is 2.44.